The number of rotatable bonds is 3. The summed E-state index contributed by atoms with van der Waals surface area (Å²) in [6, 6.07) is 4.99. The first kappa shape index (κ1) is 16.9. The molecule has 3 aromatic rings. The molecule has 4 rings (SSSR count). The molecule has 0 aromatic carbocycles. The van der Waals surface area contributed by atoms with E-state index in [1.807, 2.05) is 18.3 Å². The van der Waals surface area contributed by atoms with Gasteiger partial charge < -0.3 is 0 Å². The van der Waals surface area contributed by atoms with Crippen LogP contribution in [0.5, 0.6) is 0 Å². The van der Waals surface area contributed by atoms with Crippen molar-refractivity contribution in [2.75, 3.05) is 13.1 Å². The van der Waals surface area contributed by atoms with Gasteiger partial charge in [-0.05, 0) is 37.1 Å². The molecule has 26 heavy (non-hydrogen) atoms. The summed E-state index contributed by atoms with van der Waals surface area (Å²) in [5.74, 6) is -0.0811. The Labute approximate surface area is 147 Å². The summed E-state index contributed by atoms with van der Waals surface area (Å²) in [6.45, 7) is 2.29. The maximum atomic E-state index is 13.4. The number of piperidine rings is 1. The van der Waals surface area contributed by atoms with Crippen LogP contribution >= 0.6 is 0 Å². The Balaban J connectivity index is 1.60. The fourth-order valence-electron chi connectivity index (χ4n) is 3.43. The molecule has 0 N–H and O–H groups in total. The van der Waals surface area contributed by atoms with E-state index in [2.05, 4.69) is 25.0 Å². The molecule has 1 aliphatic rings. The van der Waals surface area contributed by atoms with Crippen LogP contribution in [0.3, 0.4) is 0 Å². The zero-order valence-electron chi connectivity index (χ0n) is 13.9. The molecule has 3 aromatic heterocycles. The summed E-state index contributed by atoms with van der Waals surface area (Å²) >= 11 is 0. The molecule has 4 heterocycles. The van der Waals surface area contributed by atoms with Crippen molar-refractivity contribution in [3.8, 4) is 0 Å². The third-order valence-corrected chi connectivity index (χ3v) is 4.61. The molecule has 0 radical (unpaired) electrons. The molecule has 136 valence electrons. The van der Waals surface area contributed by atoms with Crippen molar-refractivity contribution in [3.63, 3.8) is 0 Å². The number of halogens is 3. The van der Waals surface area contributed by atoms with E-state index in [1.165, 1.54) is 0 Å². The van der Waals surface area contributed by atoms with Gasteiger partial charge in [0.15, 0.2) is 5.69 Å². The molecule has 0 saturated carbocycles. The molecule has 0 amide bonds. The smallest absolute Gasteiger partial charge is 0.298 e. The fraction of sp³-hybridized carbons (Fsp3) is 0.412. The maximum Gasteiger partial charge on any atom is 0.433 e. The molecule has 1 unspecified atom stereocenters. The minimum Gasteiger partial charge on any atom is -0.298 e. The van der Waals surface area contributed by atoms with E-state index < -0.39 is 11.9 Å². The predicted molar refractivity (Wildman–Crippen MR) is 87.3 cm³/mol. The first-order chi connectivity index (χ1) is 12.5. The van der Waals surface area contributed by atoms with Crippen molar-refractivity contribution in [2.45, 2.75) is 31.5 Å². The first-order valence-electron chi connectivity index (χ1n) is 8.40. The van der Waals surface area contributed by atoms with E-state index >= 15 is 0 Å². The minimum absolute atomic E-state index is 0.0146. The Bertz CT molecular complexity index is 892. The van der Waals surface area contributed by atoms with Crippen molar-refractivity contribution in [1.29, 1.82) is 0 Å². The van der Waals surface area contributed by atoms with Gasteiger partial charge in [0.2, 0.25) is 0 Å². The highest BCUT2D eigenvalue weighted by molar-refractivity contribution is 5.33. The summed E-state index contributed by atoms with van der Waals surface area (Å²) in [5, 5.41) is 3.65. The van der Waals surface area contributed by atoms with E-state index in [0.717, 1.165) is 48.4 Å². The van der Waals surface area contributed by atoms with E-state index in [1.54, 1.807) is 6.20 Å². The molecule has 0 aliphatic carbocycles. The average molecular weight is 362 g/mol. The number of nitrogens with zero attached hydrogens (tertiary/aromatic N) is 6. The number of fused-ring (bicyclic) bond motifs is 1. The van der Waals surface area contributed by atoms with Crippen LogP contribution in [0.1, 0.15) is 35.7 Å². The van der Waals surface area contributed by atoms with Crippen molar-refractivity contribution in [2.24, 2.45) is 0 Å². The number of hydrogen-bond acceptors (Lipinski definition) is 5. The molecule has 9 heteroatoms. The molecule has 1 atom stereocenters. The van der Waals surface area contributed by atoms with Crippen LogP contribution in [0.15, 0.2) is 36.9 Å². The Morgan fingerprint density at radius 2 is 2.15 bits per heavy atom. The van der Waals surface area contributed by atoms with Gasteiger partial charge in [-0.15, -0.1) is 0 Å². The van der Waals surface area contributed by atoms with E-state index in [4.69, 9.17) is 0 Å². The Morgan fingerprint density at radius 1 is 1.27 bits per heavy atom. The number of hydrogen-bond donors (Lipinski definition) is 0. The zero-order valence-corrected chi connectivity index (χ0v) is 13.9. The summed E-state index contributed by atoms with van der Waals surface area (Å²) in [6.07, 6.45) is 1.83. The van der Waals surface area contributed by atoms with Gasteiger partial charge in [0.05, 0.1) is 5.69 Å². The van der Waals surface area contributed by atoms with E-state index in [9.17, 15) is 13.2 Å². The highest BCUT2D eigenvalue weighted by atomic mass is 19.4. The number of aromatic nitrogens is 5. The van der Waals surface area contributed by atoms with Gasteiger partial charge in [-0.3, -0.25) is 9.88 Å². The predicted octanol–water partition coefficient (Wildman–Crippen LogP) is 2.92. The summed E-state index contributed by atoms with van der Waals surface area (Å²) in [7, 11) is 0. The van der Waals surface area contributed by atoms with E-state index in [0.29, 0.717) is 12.2 Å². The van der Waals surface area contributed by atoms with Gasteiger partial charge in [-0.25, -0.2) is 4.98 Å². The highest BCUT2D eigenvalue weighted by Crippen LogP contribution is 2.33. The minimum atomic E-state index is -4.51. The zero-order chi connectivity index (χ0) is 18.1. The van der Waals surface area contributed by atoms with Crippen molar-refractivity contribution in [1.82, 2.24) is 29.5 Å². The van der Waals surface area contributed by atoms with Crippen molar-refractivity contribution >= 4 is 5.78 Å². The Morgan fingerprint density at radius 3 is 2.92 bits per heavy atom. The number of likely N-dealkylation sites (tertiary alicyclic amines) is 1. The van der Waals surface area contributed by atoms with Crippen LogP contribution in [0, 0.1) is 0 Å². The quantitative estimate of drug-likeness (QED) is 0.717. The van der Waals surface area contributed by atoms with Gasteiger partial charge in [0.1, 0.15) is 6.33 Å². The van der Waals surface area contributed by atoms with Gasteiger partial charge in [0, 0.05) is 31.4 Å². The lowest BCUT2D eigenvalue weighted by Gasteiger charge is -2.32. The second-order valence-electron chi connectivity index (χ2n) is 6.47. The summed E-state index contributed by atoms with van der Waals surface area (Å²) in [4.78, 5) is 14.5. The van der Waals surface area contributed by atoms with Gasteiger partial charge in [0.25, 0.3) is 5.78 Å². The first-order valence-corrected chi connectivity index (χ1v) is 8.40. The molecular weight excluding hydrogens is 345 g/mol. The van der Waals surface area contributed by atoms with Crippen molar-refractivity contribution in [3.05, 3.63) is 53.9 Å². The average Bonchev–Trinajstić information content (AvgIpc) is 3.09. The molecule has 1 saturated heterocycles. The standard InChI is InChI=1S/C17H17F3N6/c18-17(19,20)15-7-14(24-16-22-11-23-26(15)16)13-4-2-6-25(10-13)9-12-3-1-5-21-8-12/h1,3,5,7-8,11,13H,2,4,6,9-10H2. The highest BCUT2D eigenvalue weighted by Gasteiger charge is 2.36. The lowest BCUT2D eigenvalue weighted by molar-refractivity contribution is -0.142. The molecular formula is C17H17F3N6. The largest absolute Gasteiger partial charge is 0.433 e. The molecule has 1 aliphatic heterocycles. The summed E-state index contributed by atoms with van der Waals surface area (Å²) in [5.41, 5.74) is 0.679. The monoisotopic (exact) mass is 362 g/mol. The fourth-order valence-corrected chi connectivity index (χ4v) is 3.43. The molecule has 0 spiro atoms. The Hall–Kier alpha value is -2.55. The molecule has 0 bridgehead atoms. The third kappa shape index (κ3) is 3.39. The lowest BCUT2D eigenvalue weighted by Crippen LogP contribution is -2.34. The van der Waals surface area contributed by atoms with E-state index in [-0.39, 0.29) is 11.7 Å². The van der Waals surface area contributed by atoms with Gasteiger partial charge >= 0.3 is 6.18 Å². The maximum absolute atomic E-state index is 13.4. The third-order valence-electron chi connectivity index (χ3n) is 4.61. The second-order valence-corrected chi connectivity index (χ2v) is 6.47. The van der Waals surface area contributed by atoms with Crippen LogP contribution in [0.4, 0.5) is 13.2 Å². The van der Waals surface area contributed by atoms with Crippen LogP contribution in [-0.4, -0.2) is 42.6 Å². The molecule has 1 fully saturated rings. The van der Waals surface area contributed by atoms with Crippen LogP contribution in [-0.2, 0) is 12.7 Å². The van der Waals surface area contributed by atoms with Crippen LogP contribution in [0.25, 0.3) is 5.78 Å². The number of alkyl halides is 3. The Kier molecular flexibility index (Phi) is 4.31. The lowest BCUT2D eigenvalue weighted by atomic mass is 9.94. The van der Waals surface area contributed by atoms with Crippen molar-refractivity contribution < 1.29 is 13.2 Å². The molecule has 6 nitrogen and oxygen atoms in total. The van der Waals surface area contributed by atoms with Crippen LogP contribution in [0.2, 0.25) is 0 Å². The van der Waals surface area contributed by atoms with Gasteiger partial charge in [-0.2, -0.15) is 27.8 Å². The van der Waals surface area contributed by atoms with Crippen LogP contribution < -0.4 is 0 Å². The SMILES string of the molecule is FC(F)(F)c1cc(C2CCCN(Cc3cccnc3)C2)nc2ncnn12. The number of pyridine rings is 1. The topological polar surface area (TPSA) is 59.2 Å². The normalized spacial score (nSPS) is 19.1. The van der Waals surface area contributed by atoms with Gasteiger partial charge in [-0.1, -0.05) is 6.07 Å². The second kappa shape index (κ2) is 6.64. The summed E-state index contributed by atoms with van der Waals surface area (Å²) < 4.78 is 40.9.